The van der Waals surface area contributed by atoms with E-state index in [0.717, 1.165) is 17.7 Å². The van der Waals surface area contributed by atoms with Gasteiger partial charge < -0.3 is 4.74 Å². The molecule has 4 rings (SSSR count). The van der Waals surface area contributed by atoms with Gasteiger partial charge in [-0.15, -0.1) is 0 Å². The molecule has 2 amide bonds. The van der Waals surface area contributed by atoms with Crippen molar-refractivity contribution in [1.82, 2.24) is 9.21 Å². The predicted molar refractivity (Wildman–Crippen MR) is 116 cm³/mol. The largest absolute Gasteiger partial charge is 0.483 e. The Morgan fingerprint density at radius 2 is 1.78 bits per heavy atom. The SMILES string of the molecule is CC1CCN(S(=O)(=O)c2cccc(C(=O)CN3C(=O)COc4ccccc4C3=O)c2)CC1. The van der Waals surface area contributed by atoms with E-state index in [4.69, 9.17) is 4.74 Å². The van der Waals surface area contributed by atoms with Crippen LogP contribution in [0.4, 0.5) is 0 Å². The van der Waals surface area contributed by atoms with Crippen LogP contribution < -0.4 is 4.74 Å². The van der Waals surface area contributed by atoms with Crippen LogP contribution in [0, 0.1) is 5.92 Å². The van der Waals surface area contributed by atoms with Crippen LogP contribution in [-0.4, -0.2) is 61.5 Å². The Kier molecular flexibility index (Phi) is 6.12. The summed E-state index contributed by atoms with van der Waals surface area (Å²) in [5.74, 6) is -1.03. The van der Waals surface area contributed by atoms with Crippen LogP contribution in [0.1, 0.15) is 40.5 Å². The summed E-state index contributed by atoms with van der Waals surface area (Å²) in [6.07, 6.45) is 1.58. The van der Waals surface area contributed by atoms with E-state index in [9.17, 15) is 22.8 Å². The minimum atomic E-state index is -3.73. The number of sulfonamides is 1. The molecule has 8 nitrogen and oxygen atoms in total. The molecule has 0 saturated carbocycles. The van der Waals surface area contributed by atoms with Gasteiger partial charge in [0.05, 0.1) is 17.0 Å². The van der Waals surface area contributed by atoms with Gasteiger partial charge in [0, 0.05) is 18.7 Å². The number of hydrogen-bond acceptors (Lipinski definition) is 6. The molecule has 9 heteroatoms. The van der Waals surface area contributed by atoms with Crippen molar-refractivity contribution in [3.05, 3.63) is 59.7 Å². The number of fused-ring (bicyclic) bond motifs is 1. The Labute approximate surface area is 186 Å². The molecule has 0 bridgehead atoms. The van der Waals surface area contributed by atoms with Gasteiger partial charge >= 0.3 is 0 Å². The smallest absolute Gasteiger partial charge is 0.267 e. The second kappa shape index (κ2) is 8.84. The average Bonchev–Trinajstić information content (AvgIpc) is 2.91. The van der Waals surface area contributed by atoms with Gasteiger partial charge in [0.25, 0.3) is 11.8 Å². The van der Waals surface area contributed by atoms with Crippen molar-refractivity contribution >= 4 is 27.6 Å². The number of para-hydroxylation sites is 1. The van der Waals surface area contributed by atoms with Crippen molar-refractivity contribution in [3.8, 4) is 5.75 Å². The summed E-state index contributed by atoms with van der Waals surface area (Å²) in [6.45, 7) is 2.12. The maximum atomic E-state index is 13.0. The number of amides is 2. The molecule has 0 atom stereocenters. The van der Waals surface area contributed by atoms with Gasteiger partial charge in [-0.2, -0.15) is 4.31 Å². The molecule has 2 aromatic carbocycles. The van der Waals surface area contributed by atoms with Crippen LogP contribution in [0.2, 0.25) is 0 Å². The highest BCUT2D eigenvalue weighted by Gasteiger charge is 2.32. The Bertz CT molecular complexity index is 1170. The van der Waals surface area contributed by atoms with Crippen molar-refractivity contribution in [1.29, 1.82) is 0 Å². The van der Waals surface area contributed by atoms with E-state index in [0.29, 0.717) is 19.0 Å². The number of piperidine rings is 1. The van der Waals surface area contributed by atoms with E-state index in [1.165, 1.54) is 34.6 Å². The maximum Gasteiger partial charge on any atom is 0.267 e. The highest BCUT2D eigenvalue weighted by atomic mass is 32.2. The highest BCUT2D eigenvalue weighted by Crippen LogP contribution is 2.25. The zero-order chi connectivity index (χ0) is 22.9. The molecule has 0 radical (unpaired) electrons. The first-order valence-corrected chi connectivity index (χ1v) is 11.9. The molecule has 0 N–H and O–H groups in total. The summed E-state index contributed by atoms with van der Waals surface area (Å²) >= 11 is 0. The van der Waals surface area contributed by atoms with Crippen LogP contribution in [0.15, 0.2) is 53.4 Å². The monoisotopic (exact) mass is 456 g/mol. The predicted octanol–water partition coefficient (Wildman–Crippen LogP) is 2.35. The number of Topliss-reactive ketones (excluding diaryl/α,β-unsaturated/α-hetero) is 1. The van der Waals surface area contributed by atoms with E-state index in [-0.39, 0.29) is 28.4 Å². The van der Waals surface area contributed by atoms with Gasteiger partial charge in [0.15, 0.2) is 12.4 Å². The van der Waals surface area contributed by atoms with Crippen molar-refractivity contribution in [2.24, 2.45) is 5.92 Å². The molecule has 168 valence electrons. The Morgan fingerprint density at radius 1 is 1.06 bits per heavy atom. The number of carbonyl (C=O) groups excluding carboxylic acids is 3. The van der Waals surface area contributed by atoms with Crippen LogP contribution in [0.25, 0.3) is 0 Å². The zero-order valence-electron chi connectivity index (χ0n) is 17.7. The number of ether oxygens (including phenoxy) is 1. The molecule has 2 aromatic rings. The average molecular weight is 457 g/mol. The van der Waals surface area contributed by atoms with Gasteiger partial charge in [-0.3, -0.25) is 19.3 Å². The lowest BCUT2D eigenvalue weighted by Gasteiger charge is -2.29. The van der Waals surface area contributed by atoms with E-state index in [1.807, 2.05) is 0 Å². The topological polar surface area (TPSA) is 101 Å². The number of imide groups is 1. The highest BCUT2D eigenvalue weighted by molar-refractivity contribution is 7.89. The van der Waals surface area contributed by atoms with E-state index in [1.54, 1.807) is 18.2 Å². The van der Waals surface area contributed by atoms with Crippen molar-refractivity contribution in [2.45, 2.75) is 24.7 Å². The third-order valence-corrected chi connectivity index (χ3v) is 7.75. The van der Waals surface area contributed by atoms with Gasteiger partial charge in [-0.05, 0) is 43.0 Å². The number of carbonyl (C=O) groups is 3. The first-order chi connectivity index (χ1) is 15.3. The van der Waals surface area contributed by atoms with Crippen LogP contribution >= 0.6 is 0 Å². The van der Waals surface area contributed by atoms with E-state index in [2.05, 4.69) is 6.92 Å². The Hall–Kier alpha value is -3.04. The van der Waals surface area contributed by atoms with E-state index >= 15 is 0 Å². The van der Waals surface area contributed by atoms with Gasteiger partial charge in [0.1, 0.15) is 5.75 Å². The van der Waals surface area contributed by atoms with Crippen LogP contribution in [0.5, 0.6) is 5.75 Å². The molecule has 2 aliphatic heterocycles. The molecular weight excluding hydrogens is 432 g/mol. The number of benzene rings is 2. The van der Waals surface area contributed by atoms with Crippen molar-refractivity contribution < 1.29 is 27.5 Å². The molecule has 0 spiro atoms. The summed E-state index contributed by atoms with van der Waals surface area (Å²) < 4.78 is 32.9. The molecule has 0 aromatic heterocycles. The number of nitrogens with zero attached hydrogens (tertiary/aromatic N) is 2. The molecule has 2 heterocycles. The molecule has 0 aliphatic carbocycles. The fourth-order valence-corrected chi connectivity index (χ4v) is 5.36. The second-order valence-corrected chi connectivity index (χ2v) is 10.0. The minimum Gasteiger partial charge on any atom is -0.483 e. The van der Waals surface area contributed by atoms with Gasteiger partial charge in [-0.25, -0.2) is 8.42 Å². The van der Waals surface area contributed by atoms with Gasteiger partial charge in [0.2, 0.25) is 10.0 Å². The molecule has 2 aliphatic rings. The number of rotatable bonds is 5. The fraction of sp³-hybridized carbons (Fsp3) is 0.348. The normalized spacial score (nSPS) is 18.1. The van der Waals surface area contributed by atoms with Crippen LogP contribution in [0.3, 0.4) is 0 Å². The third kappa shape index (κ3) is 4.31. The summed E-state index contributed by atoms with van der Waals surface area (Å²) in [7, 11) is -3.73. The lowest BCUT2D eigenvalue weighted by atomic mass is 10.0. The van der Waals surface area contributed by atoms with Crippen molar-refractivity contribution in [2.75, 3.05) is 26.2 Å². The lowest BCUT2D eigenvalue weighted by Crippen LogP contribution is -2.41. The quantitative estimate of drug-likeness (QED) is 0.506. The molecule has 1 saturated heterocycles. The maximum absolute atomic E-state index is 13.0. The molecule has 1 fully saturated rings. The first kappa shape index (κ1) is 22.2. The Morgan fingerprint density at radius 3 is 2.53 bits per heavy atom. The molecule has 32 heavy (non-hydrogen) atoms. The summed E-state index contributed by atoms with van der Waals surface area (Å²) in [4.78, 5) is 39.1. The fourth-order valence-electron chi connectivity index (χ4n) is 3.84. The van der Waals surface area contributed by atoms with Crippen LogP contribution in [-0.2, 0) is 14.8 Å². The molecular formula is C23H24N2O6S. The Balaban J connectivity index is 1.55. The standard InChI is InChI=1S/C23H24N2O6S/c1-16-9-11-24(12-10-16)32(29,30)18-6-4-5-17(13-18)20(26)14-25-22(27)15-31-21-8-3-2-7-19(21)23(25)28/h2-8,13,16H,9-12,14-15H2,1H3. The first-order valence-electron chi connectivity index (χ1n) is 10.5. The van der Waals surface area contributed by atoms with Gasteiger partial charge in [-0.1, -0.05) is 31.2 Å². The summed E-state index contributed by atoms with van der Waals surface area (Å²) in [6, 6.07) is 12.2. The minimum absolute atomic E-state index is 0.0279. The molecule has 0 unspecified atom stereocenters. The lowest BCUT2D eigenvalue weighted by molar-refractivity contribution is -0.129. The second-order valence-electron chi connectivity index (χ2n) is 8.11. The van der Waals surface area contributed by atoms with E-state index < -0.39 is 34.2 Å². The summed E-state index contributed by atoms with van der Waals surface area (Å²) in [5.41, 5.74) is 0.317. The number of ketones is 1. The third-order valence-electron chi connectivity index (χ3n) is 5.85. The summed E-state index contributed by atoms with van der Waals surface area (Å²) in [5, 5.41) is 0. The number of hydrogen-bond donors (Lipinski definition) is 0. The van der Waals surface area contributed by atoms with Crippen molar-refractivity contribution in [3.63, 3.8) is 0 Å². The zero-order valence-corrected chi connectivity index (χ0v) is 18.5.